The Balaban J connectivity index is 2.09. The molecule has 1 aromatic carbocycles. The maximum Gasteiger partial charge on any atom is 0.308 e. The summed E-state index contributed by atoms with van der Waals surface area (Å²) in [6.07, 6.45) is 1.53. The fourth-order valence-electron chi connectivity index (χ4n) is 2.50. The lowest BCUT2D eigenvalue weighted by Crippen LogP contribution is -2.57. The van der Waals surface area contributed by atoms with E-state index in [2.05, 4.69) is 5.32 Å². The number of unbranched alkanes of at least 4 members (excludes halogenated alkanes) is 1. The lowest BCUT2D eigenvalue weighted by atomic mass is 10.1. The number of esters is 1. The van der Waals surface area contributed by atoms with Gasteiger partial charge >= 0.3 is 5.97 Å². The molecule has 1 fully saturated rings. The van der Waals surface area contributed by atoms with E-state index in [1.807, 2.05) is 6.92 Å². The van der Waals surface area contributed by atoms with Crippen molar-refractivity contribution in [2.24, 2.45) is 0 Å². The molecule has 0 bridgehead atoms. The number of amides is 2. The quantitative estimate of drug-likeness (QED) is 0.627. The third-order valence-corrected chi connectivity index (χ3v) is 4.02. The van der Waals surface area contributed by atoms with Crippen LogP contribution >= 0.6 is 11.6 Å². The first kappa shape index (κ1) is 18.3. The number of piperazine rings is 1. The van der Waals surface area contributed by atoms with E-state index in [0.29, 0.717) is 30.3 Å². The van der Waals surface area contributed by atoms with Gasteiger partial charge in [0.25, 0.3) is 5.91 Å². The number of carbonyl (C=O) groups excluding carboxylic acids is 3. The van der Waals surface area contributed by atoms with Crippen LogP contribution in [0, 0.1) is 0 Å². The minimum atomic E-state index is -0.862. The van der Waals surface area contributed by atoms with Crippen LogP contribution in [0.25, 0.3) is 0 Å². The van der Waals surface area contributed by atoms with E-state index in [-0.39, 0.29) is 18.2 Å². The average molecular weight is 353 g/mol. The maximum atomic E-state index is 12.7. The minimum Gasteiger partial charge on any atom is -0.466 e. The van der Waals surface area contributed by atoms with Crippen molar-refractivity contribution in [3.05, 3.63) is 34.9 Å². The van der Waals surface area contributed by atoms with Crippen molar-refractivity contribution in [1.82, 2.24) is 10.2 Å². The van der Waals surface area contributed by atoms with Crippen molar-refractivity contribution < 1.29 is 19.1 Å². The number of halogens is 1. The number of nitrogens with one attached hydrogen (secondary N) is 1. The zero-order chi connectivity index (χ0) is 17.5. The first-order valence-corrected chi connectivity index (χ1v) is 8.40. The maximum absolute atomic E-state index is 12.7. The molecule has 1 unspecified atom stereocenters. The molecule has 1 aliphatic heterocycles. The molecule has 1 aromatic rings. The Kier molecular flexibility index (Phi) is 6.61. The Morgan fingerprint density at radius 2 is 2.21 bits per heavy atom. The lowest BCUT2D eigenvalue weighted by Gasteiger charge is -2.34. The van der Waals surface area contributed by atoms with Crippen LogP contribution in [0.1, 0.15) is 36.5 Å². The first-order valence-electron chi connectivity index (χ1n) is 8.02. The second-order valence-electron chi connectivity index (χ2n) is 5.59. The summed E-state index contributed by atoms with van der Waals surface area (Å²) >= 11 is 5.92. The molecule has 2 amide bonds. The van der Waals surface area contributed by atoms with Crippen molar-refractivity contribution in [2.75, 3.05) is 19.7 Å². The largest absolute Gasteiger partial charge is 0.466 e. The van der Waals surface area contributed by atoms with Crippen LogP contribution in [-0.2, 0) is 14.3 Å². The Hall–Kier alpha value is -2.08. The third kappa shape index (κ3) is 4.71. The summed E-state index contributed by atoms with van der Waals surface area (Å²) < 4.78 is 5.11. The van der Waals surface area contributed by atoms with Gasteiger partial charge in [-0.05, 0) is 24.6 Å². The fraction of sp³-hybridized carbons (Fsp3) is 0.471. The SMILES string of the molecule is CCCCOC(=O)CC1C(=O)NCCN1C(=O)c1cccc(Cl)c1. The molecular formula is C17H21ClN2O4. The van der Waals surface area contributed by atoms with Gasteiger partial charge in [-0.25, -0.2) is 0 Å². The molecule has 1 aliphatic rings. The van der Waals surface area contributed by atoms with Crippen LogP contribution in [-0.4, -0.2) is 48.4 Å². The molecule has 1 saturated heterocycles. The molecule has 0 aromatic heterocycles. The van der Waals surface area contributed by atoms with Crippen LogP contribution in [0.5, 0.6) is 0 Å². The van der Waals surface area contributed by atoms with Gasteiger partial charge in [-0.2, -0.15) is 0 Å². The standard InChI is InChI=1S/C17H21ClN2O4/c1-2-3-9-24-15(21)11-14-16(22)19-7-8-20(14)17(23)12-5-4-6-13(18)10-12/h4-6,10,14H,2-3,7-9,11H2,1H3,(H,19,22). The van der Waals surface area contributed by atoms with Gasteiger partial charge in [0.1, 0.15) is 6.04 Å². The predicted molar refractivity (Wildman–Crippen MR) is 89.8 cm³/mol. The minimum absolute atomic E-state index is 0.151. The summed E-state index contributed by atoms with van der Waals surface area (Å²) in [5.74, 6) is -1.14. The molecule has 130 valence electrons. The topological polar surface area (TPSA) is 75.7 Å². The zero-order valence-corrected chi connectivity index (χ0v) is 14.3. The average Bonchev–Trinajstić information content (AvgIpc) is 2.56. The monoisotopic (exact) mass is 352 g/mol. The van der Waals surface area contributed by atoms with Crippen LogP contribution in [0.3, 0.4) is 0 Å². The molecule has 6 nitrogen and oxygen atoms in total. The van der Waals surface area contributed by atoms with Gasteiger partial charge in [-0.3, -0.25) is 14.4 Å². The summed E-state index contributed by atoms with van der Waals surface area (Å²) in [4.78, 5) is 38.2. The molecule has 1 atom stereocenters. The van der Waals surface area contributed by atoms with Gasteiger partial charge in [0.15, 0.2) is 0 Å². The van der Waals surface area contributed by atoms with Crippen LogP contribution in [0.15, 0.2) is 24.3 Å². The van der Waals surface area contributed by atoms with Crippen molar-refractivity contribution >= 4 is 29.4 Å². The molecule has 1 N–H and O–H groups in total. The van der Waals surface area contributed by atoms with E-state index >= 15 is 0 Å². The van der Waals surface area contributed by atoms with E-state index < -0.39 is 12.0 Å². The van der Waals surface area contributed by atoms with Crippen molar-refractivity contribution in [2.45, 2.75) is 32.2 Å². The second-order valence-corrected chi connectivity index (χ2v) is 6.03. The van der Waals surface area contributed by atoms with Gasteiger partial charge in [0.05, 0.1) is 13.0 Å². The number of benzene rings is 1. The van der Waals surface area contributed by atoms with Crippen LogP contribution in [0.2, 0.25) is 5.02 Å². The normalized spacial score (nSPS) is 17.3. The fourth-order valence-corrected chi connectivity index (χ4v) is 2.69. The van der Waals surface area contributed by atoms with Gasteiger partial charge in [-0.1, -0.05) is 31.0 Å². The Labute approximate surface area is 146 Å². The number of nitrogens with zero attached hydrogens (tertiary/aromatic N) is 1. The lowest BCUT2D eigenvalue weighted by molar-refractivity contribution is -0.147. The van der Waals surface area contributed by atoms with Crippen molar-refractivity contribution in [3.8, 4) is 0 Å². The number of ether oxygens (including phenoxy) is 1. The number of hydrogen-bond acceptors (Lipinski definition) is 4. The molecule has 0 radical (unpaired) electrons. The van der Waals surface area contributed by atoms with E-state index in [1.54, 1.807) is 24.3 Å². The predicted octanol–water partition coefficient (Wildman–Crippen LogP) is 2.01. The van der Waals surface area contributed by atoms with E-state index in [9.17, 15) is 14.4 Å². The summed E-state index contributed by atoms with van der Waals surface area (Å²) in [6, 6.07) is 5.67. The number of hydrogen-bond donors (Lipinski definition) is 1. The Bertz CT molecular complexity index is 620. The van der Waals surface area contributed by atoms with Gasteiger partial charge in [0, 0.05) is 23.7 Å². The van der Waals surface area contributed by atoms with Crippen molar-refractivity contribution in [1.29, 1.82) is 0 Å². The molecule has 24 heavy (non-hydrogen) atoms. The zero-order valence-electron chi connectivity index (χ0n) is 13.6. The molecule has 0 aliphatic carbocycles. The third-order valence-electron chi connectivity index (χ3n) is 3.78. The number of carbonyl (C=O) groups is 3. The summed E-state index contributed by atoms with van der Waals surface area (Å²) in [5, 5.41) is 3.13. The molecule has 2 rings (SSSR count). The van der Waals surface area contributed by atoms with E-state index in [4.69, 9.17) is 16.3 Å². The highest BCUT2D eigenvalue weighted by Crippen LogP contribution is 2.17. The van der Waals surface area contributed by atoms with E-state index in [1.165, 1.54) is 4.90 Å². The molecular weight excluding hydrogens is 332 g/mol. The summed E-state index contributed by atoms with van der Waals surface area (Å²) in [5.41, 5.74) is 0.390. The van der Waals surface area contributed by atoms with Gasteiger partial charge < -0.3 is 15.0 Å². The molecule has 1 heterocycles. The molecule has 7 heteroatoms. The first-order chi connectivity index (χ1) is 11.5. The summed E-state index contributed by atoms with van der Waals surface area (Å²) in [7, 11) is 0. The summed E-state index contributed by atoms with van der Waals surface area (Å²) in [6.45, 7) is 3.01. The van der Waals surface area contributed by atoms with Crippen molar-refractivity contribution in [3.63, 3.8) is 0 Å². The van der Waals surface area contributed by atoms with Gasteiger partial charge in [0.2, 0.25) is 5.91 Å². The second kappa shape index (κ2) is 8.68. The molecule has 0 spiro atoms. The molecule has 0 saturated carbocycles. The van der Waals surface area contributed by atoms with Crippen LogP contribution in [0.4, 0.5) is 0 Å². The van der Waals surface area contributed by atoms with E-state index in [0.717, 1.165) is 12.8 Å². The highest BCUT2D eigenvalue weighted by atomic mass is 35.5. The highest BCUT2D eigenvalue weighted by molar-refractivity contribution is 6.31. The smallest absolute Gasteiger partial charge is 0.308 e. The highest BCUT2D eigenvalue weighted by Gasteiger charge is 2.35. The van der Waals surface area contributed by atoms with Gasteiger partial charge in [-0.15, -0.1) is 0 Å². The Morgan fingerprint density at radius 1 is 1.42 bits per heavy atom. The number of rotatable bonds is 6. The van der Waals surface area contributed by atoms with Crippen LogP contribution < -0.4 is 5.32 Å². The Morgan fingerprint density at radius 3 is 2.92 bits per heavy atom.